The lowest BCUT2D eigenvalue weighted by molar-refractivity contribution is 0.0697. The van der Waals surface area contributed by atoms with Gasteiger partial charge in [0, 0.05) is 30.6 Å². The number of H-pyrrole nitrogens is 1. The van der Waals surface area contributed by atoms with E-state index in [0.29, 0.717) is 28.5 Å². The van der Waals surface area contributed by atoms with Crippen molar-refractivity contribution >= 4 is 17.6 Å². The number of benzene rings is 2. The number of aromatic amines is 1. The summed E-state index contributed by atoms with van der Waals surface area (Å²) in [5, 5.41) is 11.6. The number of halogens is 1. The number of carboxylic acid groups (broad SMARTS) is 1. The number of anilines is 1. The third-order valence-corrected chi connectivity index (χ3v) is 4.78. The molecule has 2 aromatic carbocycles. The second-order valence-electron chi connectivity index (χ2n) is 7.09. The van der Waals surface area contributed by atoms with Gasteiger partial charge in [0.15, 0.2) is 0 Å². The zero-order chi connectivity index (χ0) is 23.4. The Morgan fingerprint density at radius 3 is 2.64 bits per heavy atom. The van der Waals surface area contributed by atoms with Crippen LogP contribution in [0.3, 0.4) is 0 Å². The quantitative estimate of drug-likeness (QED) is 0.333. The van der Waals surface area contributed by atoms with E-state index >= 15 is 0 Å². The first-order valence-corrected chi connectivity index (χ1v) is 9.89. The monoisotopic (exact) mass is 446 g/mol. The molecule has 0 atom stereocenters. The fraction of sp³-hybridized carbons (Fsp3) is 0.0417. The number of carbonyl (C=O) groups is 2. The van der Waals surface area contributed by atoms with Crippen LogP contribution < -0.4 is 15.8 Å². The molecule has 0 bridgehead atoms. The van der Waals surface area contributed by atoms with Crippen LogP contribution in [0.15, 0.2) is 73.1 Å². The minimum atomic E-state index is -1.05. The van der Waals surface area contributed by atoms with Crippen molar-refractivity contribution in [2.24, 2.45) is 5.73 Å². The summed E-state index contributed by atoms with van der Waals surface area (Å²) in [6.45, 7) is 0.223. The molecule has 2 heterocycles. The van der Waals surface area contributed by atoms with E-state index in [-0.39, 0.29) is 23.4 Å². The van der Waals surface area contributed by atoms with Crippen LogP contribution in [0.4, 0.5) is 10.1 Å². The number of carboxylic acids is 1. The van der Waals surface area contributed by atoms with Crippen molar-refractivity contribution in [2.45, 2.75) is 6.54 Å². The number of pyridine rings is 1. The maximum absolute atomic E-state index is 14.1. The number of ether oxygens (including phenoxy) is 1. The standard InChI is InChI=1S/C24H19FN4O4/c25-19-5-4-14(12-26)8-20(19)29-23(30)15-2-1-3-17(9-15)33-18-6-7-27-22(11-18)21-10-16(13-28-21)24(31)32/h1-11,13,28H,12,26H2,(H,29,30)(H,31,32). The van der Waals surface area contributed by atoms with Crippen LogP contribution in [-0.4, -0.2) is 27.0 Å². The molecular formula is C24H19FN4O4. The van der Waals surface area contributed by atoms with Crippen molar-refractivity contribution in [1.29, 1.82) is 0 Å². The molecule has 0 radical (unpaired) electrons. The van der Waals surface area contributed by atoms with Gasteiger partial charge in [0.05, 0.1) is 22.6 Å². The summed E-state index contributed by atoms with van der Waals surface area (Å²) < 4.78 is 19.9. The van der Waals surface area contributed by atoms with Gasteiger partial charge in [0.25, 0.3) is 5.91 Å². The summed E-state index contributed by atoms with van der Waals surface area (Å²) in [5.41, 5.74) is 7.71. The number of hydrogen-bond acceptors (Lipinski definition) is 5. The summed E-state index contributed by atoms with van der Waals surface area (Å²) in [6, 6.07) is 15.4. The van der Waals surface area contributed by atoms with Crippen molar-refractivity contribution in [2.75, 3.05) is 5.32 Å². The first kappa shape index (κ1) is 21.7. The Kier molecular flexibility index (Phi) is 6.14. The number of aromatic carboxylic acids is 1. The zero-order valence-electron chi connectivity index (χ0n) is 17.2. The lowest BCUT2D eigenvalue weighted by Crippen LogP contribution is -2.13. The van der Waals surface area contributed by atoms with Gasteiger partial charge in [0.1, 0.15) is 17.3 Å². The van der Waals surface area contributed by atoms with Crippen LogP contribution >= 0.6 is 0 Å². The Morgan fingerprint density at radius 2 is 1.88 bits per heavy atom. The minimum Gasteiger partial charge on any atom is -0.478 e. The van der Waals surface area contributed by atoms with E-state index in [1.54, 1.807) is 36.4 Å². The lowest BCUT2D eigenvalue weighted by atomic mass is 10.1. The molecule has 0 unspecified atom stereocenters. The van der Waals surface area contributed by atoms with Crippen LogP contribution in [0.1, 0.15) is 26.3 Å². The SMILES string of the molecule is NCc1ccc(F)c(NC(=O)c2cccc(Oc3ccnc(-c4cc(C(=O)O)c[nH]4)c3)c2)c1. The predicted molar refractivity (Wildman–Crippen MR) is 120 cm³/mol. The molecule has 0 aliphatic rings. The van der Waals surface area contributed by atoms with E-state index in [9.17, 15) is 14.0 Å². The molecular weight excluding hydrogens is 427 g/mol. The molecule has 4 rings (SSSR count). The van der Waals surface area contributed by atoms with E-state index in [2.05, 4.69) is 15.3 Å². The largest absolute Gasteiger partial charge is 0.478 e. The van der Waals surface area contributed by atoms with Crippen LogP contribution in [0.25, 0.3) is 11.4 Å². The normalized spacial score (nSPS) is 10.6. The number of rotatable bonds is 7. The van der Waals surface area contributed by atoms with Crippen molar-refractivity contribution in [3.63, 3.8) is 0 Å². The minimum absolute atomic E-state index is 0.0414. The lowest BCUT2D eigenvalue weighted by Gasteiger charge is -2.10. The highest BCUT2D eigenvalue weighted by Gasteiger charge is 2.12. The van der Waals surface area contributed by atoms with E-state index < -0.39 is 17.7 Å². The van der Waals surface area contributed by atoms with Gasteiger partial charge < -0.3 is 25.9 Å². The van der Waals surface area contributed by atoms with Crippen LogP contribution in [0, 0.1) is 5.82 Å². The zero-order valence-corrected chi connectivity index (χ0v) is 17.2. The smallest absolute Gasteiger partial charge is 0.337 e. The van der Waals surface area contributed by atoms with Crippen molar-refractivity contribution in [3.05, 3.63) is 95.6 Å². The first-order valence-electron chi connectivity index (χ1n) is 9.89. The predicted octanol–water partition coefficient (Wildman–Crippen LogP) is 4.42. The molecule has 0 saturated heterocycles. The Bertz CT molecular complexity index is 1340. The maximum Gasteiger partial charge on any atom is 0.337 e. The molecule has 0 saturated carbocycles. The van der Waals surface area contributed by atoms with Gasteiger partial charge in [-0.05, 0) is 48.0 Å². The summed E-state index contributed by atoms with van der Waals surface area (Å²) in [6.07, 6.45) is 2.90. The topological polar surface area (TPSA) is 130 Å². The molecule has 0 fully saturated rings. The number of hydrogen-bond donors (Lipinski definition) is 4. The third-order valence-electron chi connectivity index (χ3n) is 4.78. The summed E-state index contributed by atoms with van der Waals surface area (Å²) in [4.78, 5) is 30.8. The van der Waals surface area contributed by atoms with Gasteiger partial charge in [0.2, 0.25) is 0 Å². The Hall–Kier alpha value is -4.50. The number of nitrogens with zero attached hydrogens (tertiary/aromatic N) is 1. The molecule has 2 aromatic heterocycles. The van der Waals surface area contributed by atoms with Crippen molar-refractivity contribution in [3.8, 4) is 22.9 Å². The van der Waals surface area contributed by atoms with E-state index in [4.69, 9.17) is 15.6 Å². The molecule has 0 aliphatic heterocycles. The third kappa shape index (κ3) is 5.05. The highest BCUT2D eigenvalue weighted by molar-refractivity contribution is 6.04. The van der Waals surface area contributed by atoms with Crippen LogP contribution in [0.5, 0.6) is 11.5 Å². The fourth-order valence-corrected chi connectivity index (χ4v) is 3.11. The molecule has 1 amide bonds. The Morgan fingerprint density at radius 1 is 1.06 bits per heavy atom. The second kappa shape index (κ2) is 9.33. The maximum atomic E-state index is 14.1. The highest BCUT2D eigenvalue weighted by atomic mass is 19.1. The molecule has 4 aromatic rings. The van der Waals surface area contributed by atoms with Gasteiger partial charge in [-0.1, -0.05) is 12.1 Å². The van der Waals surface area contributed by atoms with E-state index in [1.807, 2.05) is 0 Å². The number of carbonyl (C=O) groups excluding carboxylic acids is 1. The summed E-state index contributed by atoms with van der Waals surface area (Å²) in [5.74, 6) is -1.29. The van der Waals surface area contributed by atoms with E-state index in [0.717, 1.165) is 0 Å². The van der Waals surface area contributed by atoms with Crippen molar-refractivity contribution < 1.29 is 23.8 Å². The molecule has 33 heavy (non-hydrogen) atoms. The Balaban J connectivity index is 1.51. The van der Waals surface area contributed by atoms with Gasteiger partial charge in [-0.3, -0.25) is 9.78 Å². The highest BCUT2D eigenvalue weighted by Crippen LogP contribution is 2.27. The van der Waals surface area contributed by atoms with Crippen molar-refractivity contribution in [1.82, 2.24) is 9.97 Å². The molecule has 5 N–H and O–H groups in total. The van der Waals surface area contributed by atoms with Gasteiger partial charge in [-0.2, -0.15) is 0 Å². The summed E-state index contributed by atoms with van der Waals surface area (Å²) in [7, 11) is 0. The van der Waals surface area contributed by atoms with Crippen LogP contribution in [0.2, 0.25) is 0 Å². The fourth-order valence-electron chi connectivity index (χ4n) is 3.11. The molecule has 0 aliphatic carbocycles. The second-order valence-corrected chi connectivity index (χ2v) is 7.09. The average Bonchev–Trinajstić information content (AvgIpc) is 3.32. The van der Waals surface area contributed by atoms with Gasteiger partial charge in [-0.15, -0.1) is 0 Å². The number of nitrogens with one attached hydrogen (secondary N) is 2. The number of nitrogens with two attached hydrogens (primary N) is 1. The number of amides is 1. The summed E-state index contributed by atoms with van der Waals surface area (Å²) >= 11 is 0. The van der Waals surface area contributed by atoms with Gasteiger partial charge in [-0.25, -0.2) is 9.18 Å². The van der Waals surface area contributed by atoms with Crippen LogP contribution in [-0.2, 0) is 6.54 Å². The molecule has 0 spiro atoms. The molecule has 166 valence electrons. The van der Waals surface area contributed by atoms with E-state index in [1.165, 1.54) is 36.7 Å². The van der Waals surface area contributed by atoms with Gasteiger partial charge >= 0.3 is 5.97 Å². The Labute approximate surface area is 187 Å². The number of aromatic nitrogens is 2. The average molecular weight is 446 g/mol. The first-order chi connectivity index (χ1) is 15.9. The molecule has 8 nitrogen and oxygen atoms in total. The molecule has 9 heteroatoms.